The molecule has 0 bridgehead atoms. The largest absolute Gasteiger partial charge is 0.355 e. The second-order valence-electron chi connectivity index (χ2n) is 7.10. The number of piperidine rings is 1. The number of fused-ring (bicyclic) bond motifs is 1. The first-order chi connectivity index (χ1) is 13.9. The predicted octanol–water partition coefficient (Wildman–Crippen LogP) is 3.26. The first-order valence-electron chi connectivity index (χ1n) is 9.35. The third kappa shape index (κ3) is 3.70. The highest BCUT2D eigenvalue weighted by atomic mass is 19.3. The third-order valence-corrected chi connectivity index (χ3v) is 5.19. The number of hydrogen-bond acceptors (Lipinski definition) is 3. The van der Waals surface area contributed by atoms with E-state index in [1.807, 2.05) is 29.0 Å². The molecule has 1 fully saturated rings. The summed E-state index contributed by atoms with van der Waals surface area (Å²) in [6.07, 6.45) is 2.70. The van der Waals surface area contributed by atoms with E-state index >= 15 is 0 Å². The fourth-order valence-corrected chi connectivity index (χ4v) is 3.49. The maximum Gasteiger partial charge on any atom is 0.255 e. The van der Waals surface area contributed by atoms with Gasteiger partial charge < -0.3 is 14.8 Å². The lowest BCUT2D eigenvalue weighted by Crippen LogP contribution is -2.42. The van der Waals surface area contributed by atoms with Gasteiger partial charge in [0, 0.05) is 62.0 Å². The van der Waals surface area contributed by atoms with Gasteiger partial charge in [-0.05, 0) is 36.4 Å². The molecule has 0 radical (unpaired) electrons. The van der Waals surface area contributed by atoms with E-state index in [2.05, 4.69) is 10.3 Å². The van der Waals surface area contributed by atoms with Crippen molar-refractivity contribution in [3.63, 3.8) is 0 Å². The van der Waals surface area contributed by atoms with Crippen molar-refractivity contribution >= 4 is 22.8 Å². The van der Waals surface area contributed by atoms with Gasteiger partial charge in [0.1, 0.15) is 5.65 Å². The fraction of sp³-hybridized carbons (Fsp3) is 0.286. The van der Waals surface area contributed by atoms with Crippen LogP contribution < -0.4 is 5.32 Å². The standard InChI is InChI=1S/C21H20F2N4O2/c1-24-19(28)14-2-4-17(5-3-14)27-9-6-15-12-16(13-25-18(15)27)20(29)26-10-7-21(22,23)8-11-26/h2-6,9,12-13H,7-8,10-11H2,1H3,(H,24,28). The highest BCUT2D eigenvalue weighted by molar-refractivity contribution is 5.97. The van der Waals surface area contributed by atoms with Crippen molar-refractivity contribution in [3.05, 3.63) is 59.9 Å². The summed E-state index contributed by atoms with van der Waals surface area (Å²) in [5.41, 5.74) is 2.44. The number of rotatable bonds is 3. The van der Waals surface area contributed by atoms with Gasteiger partial charge in [0.2, 0.25) is 0 Å². The number of hydrogen-bond donors (Lipinski definition) is 1. The lowest BCUT2D eigenvalue weighted by atomic mass is 10.1. The minimum absolute atomic E-state index is 0.0442. The van der Waals surface area contributed by atoms with E-state index in [0.717, 1.165) is 11.1 Å². The molecule has 8 heteroatoms. The van der Waals surface area contributed by atoms with Crippen LogP contribution in [0.25, 0.3) is 16.7 Å². The number of carbonyl (C=O) groups is 2. The molecule has 0 aliphatic carbocycles. The van der Waals surface area contributed by atoms with Crippen LogP contribution in [0.4, 0.5) is 8.78 Å². The van der Waals surface area contributed by atoms with Gasteiger partial charge in [0.25, 0.3) is 17.7 Å². The Balaban J connectivity index is 1.58. The van der Waals surface area contributed by atoms with Crippen LogP contribution in [0.1, 0.15) is 33.6 Å². The second-order valence-corrected chi connectivity index (χ2v) is 7.10. The molecule has 3 aromatic rings. The van der Waals surface area contributed by atoms with Gasteiger partial charge in [-0.2, -0.15) is 0 Å². The van der Waals surface area contributed by atoms with Crippen molar-refractivity contribution < 1.29 is 18.4 Å². The molecule has 29 heavy (non-hydrogen) atoms. The van der Waals surface area contributed by atoms with E-state index in [9.17, 15) is 18.4 Å². The highest BCUT2D eigenvalue weighted by Gasteiger charge is 2.35. The van der Waals surface area contributed by atoms with Crippen LogP contribution in [0.15, 0.2) is 48.8 Å². The summed E-state index contributed by atoms with van der Waals surface area (Å²) < 4.78 is 28.5. The Morgan fingerprint density at radius 3 is 2.41 bits per heavy atom. The van der Waals surface area contributed by atoms with Crippen molar-refractivity contribution in [2.45, 2.75) is 18.8 Å². The lowest BCUT2D eigenvalue weighted by molar-refractivity contribution is -0.0494. The number of nitrogens with one attached hydrogen (secondary N) is 1. The molecule has 150 valence electrons. The molecule has 0 saturated carbocycles. The summed E-state index contributed by atoms with van der Waals surface area (Å²) in [6.45, 7) is 0.0884. The Labute approximate surface area is 166 Å². The van der Waals surface area contributed by atoms with Gasteiger partial charge in [-0.15, -0.1) is 0 Å². The Kier molecular flexibility index (Phi) is 4.77. The van der Waals surface area contributed by atoms with Crippen molar-refractivity contribution in [2.24, 2.45) is 0 Å². The van der Waals surface area contributed by atoms with E-state index in [0.29, 0.717) is 16.8 Å². The molecule has 0 unspecified atom stereocenters. The van der Waals surface area contributed by atoms with Crippen LogP contribution in [0.2, 0.25) is 0 Å². The molecule has 6 nitrogen and oxygen atoms in total. The van der Waals surface area contributed by atoms with E-state index in [1.165, 1.54) is 11.1 Å². The van der Waals surface area contributed by atoms with Gasteiger partial charge in [-0.25, -0.2) is 13.8 Å². The zero-order valence-corrected chi connectivity index (χ0v) is 15.9. The molecule has 3 heterocycles. The number of alkyl halides is 2. The topological polar surface area (TPSA) is 67.2 Å². The summed E-state index contributed by atoms with van der Waals surface area (Å²) in [7, 11) is 1.58. The molecule has 1 aromatic carbocycles. The van der Waals surface area contributed by atoms with Gasteiger partial charge in [-0.3, -0.25) is 9.59 Å². The van der Waals surface area contributed by atoms with Gasteiger partial charge in [0.05, 0.1) is 5.56 Å². The smallest absolute Gasteiger partial charge is 0.255 e. The van der Waals surface area contributed by atoms with Crippen LogP contribution in [-0.4, -0.2) is 52.3 Å². The average molecular weight is 398 g/mol. The van der Waals surface area contributed by atoms with Crippen molar-refractivity contribution in [1.29, 1.82) is 0 Å². The van der Waals surface area contributed by atoms with E-state index in [4.69, 9.17) is 0 Å². The molecule has 0 spiro atoms. The third-order valence-electron chi connectivity index (χ3n) is 5.19. The van der Waals surface area contributed by atoms with E-state index in [1.54, 1.807) is 25.2 Å². The summed E-state index contributed by atoms with van der Waals surface area (Å²) in [5.74, 6) is -3.13. The number of carbonyl (C=O) groups excluding carboxylic acids is 2. The Bertz CT molecular complexity index is 1070. The first-order valence-corrected chi connectivity index (χ1v) is 9.35. The number of benzene rings is 1. The van der Waals surface area contributed by atoms with Crippen LogP contribution in [0, 0.1) is 0 Å². The number of nitrogens with zero attached hydrogens (tertiary/aromatic N) is 3. The minimum Gasteiger partial charge on any atom is -0.355 e. The zero-order valence-electron chi connectivity index (χ0n) is 15.9. The number of amides is 2. The molecule has 2 aromatic heterocycles. The number of pyridine rings is 1. The fourth-order valence-electron chi connectivity index (χ4n) is 3.49. The number of aromatic nitrogens is 2. The van der Waals surface area contributed by atoms with Crippen molar-refractivity contribution in [1.82, 2.24) is 19.8 Å². The average Bonchev–Trinajstić information content (AvgIpc) is 3.16. The van der Waals surface area contributed by atoms with Crippen LogP contribution in [-0.2, 0) is 0 Å². The monoisotopic (exact) mass is 398 g/mol. The summed E-state index contributed by atoms with van der Waals surface area (Å²) >= 11 is 0. The normalized spacial score (nSPS) is 16.0. The SMILES string of the molecule is CNC(=O)c1ccc(-n2ccc3cc(C(=O)N4CCC(F)(F)CC4)cnc32)cc1. The molecule has 1 aliphatic rings. The predicted molar refractivity (Wildman–Crippen MR) is 105 cm³/mol. The minimum atomic E-state index is -2.69. The summed E-state index contributed by atoms with van der Waals surface area (Å²) in [4.78, 5) is 30.2. The molecule has 0 atom stereocenters. The summed E-state index contributed by atoms with van der Waals surface area (Å²) in [5, 5.41) is 3.35. The second kappa shape index (κ2) is 7.27. The highest BCUT2D eigenvalue weighted by Crippen LogP contribution is 2.29. The Hall–Kier alpha value is -3.29. The van der Waals surface area contributed by atoms with Crippen LogP contribution in [0.3, 0.4) is 0 Å². The maximum absolute atomic E-state index is 13.3. The van der Waals surface area contributed by atoms with Gasteiger partial charge >= 0.3 is 0 Å². The first kappa shape index (κ1) is 19.0. The van der Waals surface area contributed by atoms with Gasteiger partial charge in [-0.1, -0.05) is 0 Å². The zero-order chi connectivity index (χ0) is 20.6. The van der Waals surface area contributed by atoms with Crippen LogP contribution in [0.5, 0.6) is 0 Å². The Morgan fingerprint density at radius 1 is 1.07 bits per heavy atom. The lowest BCUT2D eigenvalue weighted by Gasteiger charge is -2.31. The Morgan fingerprint density at radius 2 is 1.76 bits per heavy atom. The van der Waals surface area contributed by atoms with Gasteiger partial charge in [0.15, 0.2) is 0 Å². The molecule has 1 N–H and O–H groups in total. The van der Waals surface area contributed by atoms with E-state index < -0.39 is 5.92 Å². The molecule has 1 saturated heterocycles. The molecule has 1 aliphatic heterocycles. The molecule has 4 rings (SSSR count). The number of likely N-dealkylation sites (tertiary alicyclic amines) is 1. The van der Waals surface area contributed by atoms with Crippen LogP contribution >= 0.6 is 0 Å². The van der Waals surface area contributed by atoms with E-state index in [-0.39, 0.29) is 37.7 Å². The maximum atomic E-state index is 13.3. The summed E-state index contributed by atoms with van der Waals surface area (Å²) in [6, 6.07) is 10.7. The van der Waals surface area contributed by atoms with Crippen molar-refractivity contribution in [2.75, 3.05) is 20.1 Å². The molecule has 2 amide bonds. The molecular formula is C21H20F2N4O2. The quantitative estimate of drug-likeness (QED) is 0.737. The number of halogens is 2. The van der Waals surface area contributed by atoms with Crippen molar-refractivity contribution in [3.8, 4) is 5.69 Å². The molecular weight excluding hydrogens is 378 g/mol.